The van der Waals surface area contributed by atoms with Crippen LogP contribution in [0, 0.1) is 0 Å². The van der Waals surface area contributed by atoms with Gasteiger partial charge in [-0.05, 0) is 25.1 Å². The zero-order valence-electron chi connectivity index (χ0n) is 11.5. The third kappa shape index (κ3) is 4.17. The van der Waals surface area contributed by atoms with Gasteiger partial charge in [-0.2, -0.15) is 0 Å². The number of nitrogen functional groups attached to an aromatic ring is 1. The fraction of sp³-hybridized carbons (Fsp3) is 0.385. The maximum Gasteiger partial charge on any atom is 0.253 e. The maximum absolute atomic E-state index is 11.8. The third-order valence-electron chi connectivity index (χ3n) is 2.52. The summed E-state index contributed by atoms with van der Waals surface area (Å²) in [5.74, 6) is -0.229. The summed E-state index contributed by atoms with van der Waals surface area (Å²) >= 11 is 0. The van der Waals surface area contributed by atoms with Crippen molar-refractivity contribution in [1.29, 1.82) is 0 Å². The molecule has 0 atom stereocenters. The van der Waals surface area contributed by atoms with Gasteiger partial charge in [0.05, 0.1) is 17.9 Å². The summed E-state index contributed by atoms with van der Waals surface area (Å²) in [6.45, 7) is 2.55. The van der Waals surface area contributed by atoms with Crippen molar-refractivity contribution in [1.82, 2.24) is 10.2 Å². The SMILES string of the molecule is CCNC(=O)CNc1cc(C(=O)N(C)C)ccc1N. The molecule has 0 saturated carbocycles. The Labute approximate surface area is 113 Å². The Morgan fingerprint density at radius 3 is 2.58 bits per heavy atom. The molecule has 0 spiro atoms. The summed E-state index contributed by atoms with van der Waals surface area (Å²) in [5.41, 5.74) is 7.41. The Balaban J connectivity index is 2.80. The van der Waals surface area contributed by atoms with E-state index in [9.17, 15) is 9.59 Å². The fourth-order valence-electron chi connectivity index (χ4n) is 1.54. The molecule has 1 aromatic rings. The molecule has 0 aliphatic rings. The van der Waals surface area contributed by atoms with Crippen LogP contribution in [0.3, 0.4) is 0 Å². The number of anilines is 2. The highest BCUT2D eigenvalue weighted by atomic mass is 16.2. The number of nitrogens with one attached hydrogen (secondary N) is 2. The minimum absolute atomic E-state index is 0.110. The lowest BCUT2D eigenvalue weighted by molar-refractivity contribution is -0.119. The predicted molar refractivity (Wildman–Crippen MR) is 76.0 cm³/mol. The second-order valence-corrected chi connectivity index (χ2v) is 4.31. The predicted octanol–water partition coefficient (Wildman–Crippen LogP) is 0.519. The van der Waals surface area contributed by atoms with Crippen molar-refractivity contribution < 1.29 is 9.59 Å². The molecule has 2 amide bonds. The van der Waals surface area contributed by atoms with Gasteiger partial charge >= 0.3 is 0 Å². The number of carbonyl (C=O) groups excluding carboxylic acids is 2. The van der Waals surface area contributed by atoms with Crippen LogP contribution in [0.1, 0.15) is 17.3 Å². The average molecular weight is 264 g/mol. The van der Waals surface area contributed by atoms with Gasteiger partial charge in [0.15, 0.2) is 0 Å². The van der Waals surface area contributed by atoms with Gasteiger partial charge < -0.3 is 21.3 Å². The Hall–Kier alpha value is -2.24. The molecule has 4 N–H and O–H groups in total. The number of hydrogen-bond donors (Lipinski definition) is 3. The van der Waals surface area contributed by atoms with E-state index in [2.05, 4.69) is 10.6 Å². The van der Waals surface area contributed by atoms with Crippen LogP contribution in [0.25, 0.3) is 0 Å². The molecular formula is C13H20N4O2. The fourth-order valence-corrected chi connectivity index (χ4v) is 1.54. The van der Waals surface area contributed by atoms with Gasteiger partial charge in [0.1, 0.15) is 0 Å². The zero-order chi connectivity index (χ0) is 14.4. The van der Waals surface area contributed by atoms with E-state index >= 15 is 0 Å². The maximum atomic E-state index is 11.8. The Morgan fingerprint density at radius 1 is 1.32 bits per heavy atom. The van der Waals surface area contributed by atoms with Crippen LogP contribution in [-0.4, -0.2) is 43.9 Å². The first-order valence-electron chi connectivity index (χ1n) is 6.07. The molecule has 6 nitrogen and oxygen atoms in total. The summed E-state index contributed by atoms with van der Waals surface area (Å²) in [7, 11) is 3.36. The first kappa shape index (κ1) is 14.8. The Kier molecular flexibility index (Phi) is 5.17. The van der Waals surface area contributed by atoms with Gasteiger partial charge in [-0.3, -0.25) is 9.59 Å². The van der Waals surface area contributed by atoms with E-state index in [1.54, 1.807) is 32.3 Å². The molecule has 6 heteroatoms. The summed E-state index contributed by atoms with van der Waals surface area (Å²) in [6.07, 6.45) is 0. The molecule has 0 radical (unpaired) electrons. The third-order valence-corrected chi connectivity index (χ3v) is 2.52. The number of hydrogen-bond acceptors (Lipinski definition) is 4. The van der Waals surface area contributed by atoms with Gasteiger partial charge in [-0.25, -0.2) is 0 Å². The minimum Gasteiger partial charge on any atom is -0.397 e. The van der Waals surface area contributed by atoms with Gasteiger partial charge in [0, 0.05) is 26.2 Å². The normalized spacial score (nSPS) is 9.84. The van der Waals surface area contributed by atoms with Crippen LogP contribution in [0.15, 0.2) is 18.2 Å². The van der Waals surface area contributed by atoms with Gasteiger partial charge in [0.25, 0.3) is 5.91 Å². The van der Waals surface area contributed by atoms with Crippen LogP contribution in [-0.2, 0) is 4.79 Å². The summed E-state index contributed by atoms with van der Waals surface area (Å²) in [6, 6.07) is 4.96. The number of nitrogens with zero attached hydrogens (tertiary/aromatic N) is 1. The molecule has 0 fully saturated rings. The van der Waals surface area contributed by atoms with E-state index in [1.807, 2.05) is 6.92 Å². The smallest absolute Gasteiger partial charge is 0.253 e. The van der Waals surface area contributed by atoms with Crippen molar-refractivity contribution in [2.24, 2.45) is 0 Å². The zero-order valence-corrected chi connectivity index (χ0v) is 11.5. The lowest BCUT2D eigenvalue weighted by Crippen LogP contribution is -2.29. The highest BCUT2D eigenvalue weighted by molar-refractivity contribution is 5.96. The van der Waals surface area contributed by atoms with Crippen molar-refractivity contribution in [3.05, 3.63) is 23.8 Å². The Bertz CT molecular complexity index is 472. The number of nitrogens with two attached hydrogens (primary N) is 1. The van der Waals surface area contributed by atoms with Crippen LogP contribution < -0.4 is 16.4 Å². The largest absolute Gasteiger partial charge is 0.397 e. The molecule has 1 aromatic carbocycles. The lowest BCUT2D eigenvalue weighted by Gasteiger charge is -2.13. The molecule has 0 aliphatic heterocycles. The van der Waals surface area contributed by atoms with Crippen LogP contribution in [0.2, 0.25) is 0 Å². The van der Waals surface area contributed by atoms with Crippen LogP contribution in [0.4, 0.5) is 11.4 Å². The van der Waals surface area contributed by atoms with Crippen LogP contribution in [0.5, 0.6) is 0 Å². The molecule has 0 saturated heterocycles. The molecule has 1 rings (SSSR count). The van der Waals surface area contributed by atoms with Crippen molar-refractivity contribution in [3.63, 3.8) is 0 Å². The van der Waals surface area contributed by atoms with E-state index in [1.165, 1.54) is 4.90 Å². The average Bonchev–Trinajstić information content (AvgIpc) is 2.37. The van der Waals surface area contributed by atoms with Crippen molar-refractivity contribution in [2.75, 3.05) is 38.2 Å². The highest BCUT2D eigenvalue weighted by Gasteiger charge is 2.10. The molecule has 104 valence electrons. The van der Waals surface area contributed by atoms with E-state index in [-0.39, 0.29) is 18.4 Å². The topological polar surface area (TPSA) is 87.5 Å². The number of likely N-dealkylation sites (N-methyl/N-ethyl adjacent to an activating group) is 1. The molecule has 0 unspecified atom stereocenters. The molecule has 0 bridgehead atoms. The highest BCUT2D eigenvalue weighted by Crippen LogP contribution is 2.20. The quantitative estimate of drug-likeness (QED) is 0.677. The summed E-state index contributed by atoms with van der Waals surface area (Å²) in [4.78, 5) is 24.7. The van der Waals surface area contributed by atoms with Gasteiger partial charge in [0.2, 0.25) is 5.91 Å². The van der Waals surface area contributed by atoms with Crippen molar-refractivity contribution in [3.8, 4) is 0 Å². The Morgan fingerprint density at radius 2 is 2.00 bits per heavy atom. The van der Waals surface area contributed by atoms with Crippen molar-refractivity contribution >= 4 is 23.2 Å². The van der Waals surface area contributed by atoms with Gasteiger partial charge in [-0.1, -0.05) is 0 Å². The molecule has 0 aliphatic carbocycles. The summed E-state index contributed by atoms with van der Waals surface area (Å²) in [5, 5.41) is 5.60. The number of rotatable bonds is 5. The molecule has 0 heterocycles. The number of amides is 2. The van der Waals surface area contributed by atoms with E-state index in [0.717, 1.165) is 0 Å². The molecule has 19 heavy (non-hydrogen) atoms. The second kappa shape index (κ2) is 6.63. The standard InChI is InChI=1S/C13H20N4O2/c1-4-15-12(18)8-16-11-7-9(5-6-10(11)14)13(19)17(2)3/h5-7,16H,4,8,14H2,1-3H3,(H,15,18). The van der Waals surface area contributed by atoms with E-state index in [0.29, 0.717) is 23.5 Å². The minimum atomic E-state index is -0.119. The monoisotopic (exact) mass is 264 g/mol. The van der Waals surface area contributed by atoms with E-state index in [4.69, 9.17) is 5.73 Å². The first-order valence-corrected chi connectivity index (χ1v) is 6.07. The van der Waals surface area contributed by atoms with E-state index < -0.39 is 0 Å². The molecule has 0 aromatic heterocycles. The number of carbonyl (C=O) groups is 2. The lowest BCUT2D eigenvalue weighted by atomic mass is 10.1. The van der Waals surface area contributed by atoms with Crippen LogP contribution >= 0.6 is 0 Å². The number of benzene rings is 1. The summed E-state index contributed by atoms with van der Waals surface area (Å²) < 4.78 is 0. The molecular weight excluding hydrogens is 244 g/mol. The first-order chi connectivity index (χ1) is 8.95. The second-order valence-electron chi connectivity index (χ2n) is 4.31. The van der Waals surface area contributed by atoms with Crippen molar-refractivity contribution in [2.45, 2.75) is 6.92 Å². The van der Waals surface area contributed by atoms with Gasteiger partial charge in [-0.15, -0.1) is 0 Å².